The van der Waals surface area contributed by atoms with Crippen molar-refractivity contribution in [3.8, 4) is 0 Å². The Bertz CT molecular complexity index is 1130. The Morgan fingerprint density at radius 2 is 1.54 bits per heavy atom. The van der Waals surface area contributed by atoms with Gasteiger partial charge in [-0.3, -0.25) is 9.52 Å². The summed E-state index contributed by atoms with van der Waals surface area (Å²) >= 11 is 0. The number of hydrogen-bond acceptors (Lipinski definition) is 3. The number of rotatable bonds is 5. The van der Waals surface area contributed by atoms with Gasteiger partial charge in [0, 0.05) is 5.69 Å². The van der Waals surface area contributed by atoms with Crippen molar-refractivity contribution in [1.29, 1.82) is 0 Å². The summed E-state index contributed by atoms with van der Waals surface area (Å²) in [7, 11) is -4.04. The van der Waals surface area contributed by atoms with Gasteiger partial charge >= 0.3 is 0 Å². The van der Waals surface area contributed by atoms with Crippen LogP contribution in [0.2, 0.25) is 0 Å². The summed E-state index contributed by atoms with van der Waals surface area (Å²) < 4.78 is 54.0. The van der Waals surface area contributed by atoms with E-state index in [1.165, 1.54) is 43.3 Å². The normalized spacial score (nSPS) is 11.1. The number of anilines is 2. The van der Waals surface area contributed by atoms with Gasteiger partial charge in [0.15, 0.2) is 0 Å². The Morgan fingerprint density at radius 3 is 2.21 bits per heavy atom. The van der Waals surface area contributed by atoms with E-state index >= 15 is 0 Å². The maximum atomic E-state index is 13.3. The SMILES string of the molecule is Cc1cc(F)ccc1S(=O)(=O)Nc1ccccc1C(=O)Nc1ccc(F)cc1. The molecule has 0 bridgehead atoms. The molecule has 0 aliphatic carbocycles. The van der Waals surface area contributed by atoms with Crippen LogP contribution in [-0.4, -0.2) is 14.3 Å². The van der Waals surface area contributed by atoms with Crippen molar-refractivity contribution in [3.05, 3.63) is 89.5 Å². The van der Waals surface area contributed by atoms with Crippen molar-refractivity contribution in [2.24, 2.45) is 0 Å². The zero-order valence-electron chi connectivity index (χ0n) is 14.7. The number of aryl methyl sites for hydroxylation is 1. The van der Waals surface area contributed by atoms with Gasteiger partial charge in [-0.05, 0) is 67.1 Å². The van der Waals surface area contributed by atoms with E-state index in [-0.39, 0.29) is 21.7 Å². The van der Waals surface area contributed by atoms with E-state index < -0.39 is 27.6 Å². The molecule has 8 heteroatoms. The van der Waals surface area contributed by atoms with Gasteiger partial charge in [0.25, 0.3) is 15.9 Å². The first-order valence-electron chi connectivity index (χ1n) is 8.21. The molecule has 0 saturated heterocycles. The van der Waals surface area contributed by atoms with Crippen LogP contribution in [0.5, 0.6) is 0 Å². The van der Waals surface area contributed by atoms with E-state index in [2.05, 4.69) is 10.0 Å². The van der Waals surface area contributed by atoms with Crippen LogP contribution in [0.4, 0.5) is 20.2 Å². The molecule has 3 aromatic rings. The Labute approximate surface area is 161 Å². The fraction of sp³-hybridized carbons (Fsp3) is 0.0500. The van der Waals surface area contributed by atoms with Crippen molar-refractivity contribution >= 4 is 27.3 Å². The summed E-state index contributed by atoms with van der Waals surface area (Å²) in [6.07, 6.45) is 0. The third kappa shape index (κ3) is 4.34. The first kappa shape index (κ1) is 19.5. The molecule has 144 valence electrons. The third-order valence-corrected chi connectivity index (χ3v) is 5.47. The molecule has 3 rings (SSSR count). The number of sulfonamides is 1. The minimum atomic E-state index is -4.04. The number of nitrogens with one attached hydrogen (secondary N) is 2. The predicted molar refractivity (Wildman–Crippen MR) is 103 cm³/mol. The van der Waals surface area contributed by atoms with Crippen LogP contribution in [-0.2, 0) is 10.0 Å². The molecule has 28 heavy (non-hydrogen) atoms. The number of halogens is 2. The molecule has 0 aliphatic rings. The topological polar surface area (TPSA) is 75.3 Å². The molecule has 0 fully saturated rings. The van der Waals surface area contributed by atoms with E-state index in [1.54, 1.807) is 12.1 Å². The van der Waals surface area contributed by atoms with Gasteiger partial charge in [0.05, 0.1) is 16.1 Å². The summed E-state index contributed by atoms with van der Waals surface area (Å²) in [6, 6.07) is 14.5. The molecule has 0 aliphatic heterocycles. The summed E-state index contributed by atoms with van der Waals surface area (Å²) in [5.74, 6) is -1.56. The van der Waals surface area contributed by atoms with Crippen LogP contribution in [0.25, 0.3) is 0 Å². The average molecular weight is 402 g/mol. The standard InChI is InChI=1S/C20H16F2N2O3S/c1-13-12-15(22)8-11-19(13)28(26,27)24-18-5-3-2-4-17(18)20(25)23-16-9-6-14(21)7-10-16/h2-12,24H,1H3,(H,23,25). The molecule has 0 unspecified atom stereocenters. The average Bonchev–Trinajstić information content (AvgIpc) is 2.63. The Hall–Kier alpha value is -3.26. The quantitative estimate of drug-likeness (QED) is 0.667. The van der Waals surface area contributed by atoms with Gasteiger partial charge in [-0.1, -0.05) is 12.1 Å². The van der Waals surface area contributed by atoms with Crippen molar-refractivity contribution in [2.75, 3.05) is 10.0 Å². The second-order valence-corrected chi connectivity index (χ2v) is 7.67. The Kier molecular flexibility index (Phi) is 5.41. The highest BCUT2D eigenvalue weighted by atomic mass is 32.2. The maximum absolute atomic E-state index is 13.3. The molecule has 2 N–H and O–H groups in total. The molecule has 0 atom stereocenters. The smallest absolute Gasteiger partial charge is 0.262 e. The lowest BCUT2D eigenvalue weighted by molar-refractivity contribution is 0.102. The van der Waals surface area contributed by atoms with Crippen LogP contribution in [0, 0.1) is 18.6 Å². The lowest BCUT2D eigenvalue weighted by Gasteiger charge is -2.14. The maximum Gasteiger partial charge on any atom is 0.262 e. The van der Waals surface area contributed by atoms with Crippen molar-refractivity contribution in [1.82, 2.24) is 0 Å². The number of carbonyl (C=O) groups is 1. The van der Waals surface area contributed by atoms with E-state index in [0.29, 0.717) is 5.69 Å². The fourth-order valence-corrected chi connectivity index (χ4v) is 3.92. The summed E-state index contributed by atoms with van der Waals surface area (Å²) in [5, 5.41) is 2.58. The molecule has 3 aromatic carbocycles. The first-order chi connectivity index (χ1) is 13.3. The molecule has 0 heterocycles. The molecular weight excluding hydrogens is 386 g/mol. The van der Waals surface area contributed by atoms with Crippen LogP contribution in [0.15, 0.2) is 71.6 Å². The minimum Gasteiger partial charge on any atom is -0.322 e. The summed E-state index contributed by atoms with van der Waals surface area (Å²) in [5.41, 5.74) is 0.736. The zero-order valence-corrected chi connectivity index (χ0v) is 15.6. The molecule has 0 radical (unpaired) electrons. The van der Waals surface area contributed by atoms with Crippen LogP contribution < -0.4 is 10.0 Å². The lowest BCUT2D eigenvalue weighted by atomic mass is 10.1. The fourth-order valence-electron chi connectivity index (χ4n) is 2.62. The first-order valence-corrected chi connectivity index (χ1v) is 9.69. The number of carbonyl (C=O) groups excluding carboxylic acids is 1. The third-order valence-electron chi connectivity index (χ3n) is 3.94. The molecular formula is C20H16F2N2O3S. The molecule has 1 amide bonds. The highest BCUT2D eigenvalue weighted by Gasteiger charge is 2.20. The molecule has 5 nitrogen and oxygen atoms in total. The second-order valence-electron chi connectivity index (χ2n) is 6.02. The van der Waals surface area contributed by atoms with Crippen LogP contribution >= 0.6 is 0 Å². The van der Waals surface area contributed by atoms with Gasteiger partial charge in [0.2, 0.25) is 0 Å². The highest BCUT2D eigenvalue weighted by molar-refractivity contribution is 7.92. The van der Waals surface area contributed by atoms with Gasteiger partial charge in [-0.25, -0.2) is 17.2 Å². The van der Waals surface area contributed by atoms with Gasteiger partial charge in [-0.15, -0.1) is 0 Å². The van der Waals surface area contributed by atoms with Crippen molar-refractivity contribution in [2.45, 2.75) is 11.8 Å². The van der Waals surface area contributed by atoms with Gasteiger partial charge in [-0.2, -0.15) is 0 Å². The molecule has 0 spiro atoms. The predicted octanol–water partition coefficient (Wildman–Crippen LogP) is 4.33. The van der Waals surface area contributed by atoms with Gasteiger partial charge in [0.1, 0.15) is 11.6 Å². The summed E-state index contributed by atoms with van der Waals surface area (Å²) in [4.78, 5) is 12.5. The Balaban J connectivity index is 1.89. The molecule has 0 aromatic heterocycles. The number of amides is 1. The summed E-state index contributed by atoms with van der Waals surface area (Å²) in [6.45, 7) is 1.48. The number of para-hydroxylation sites is 1. The number of hydrogen-bond donors (Lipinski definition) is 2. The van der Waals surface area contributed by atoms with Crippen molar-refractivity contribution < 1.29 is 22.0 Å². The zero-order chi connectivity index (χ0) is 20.3. The lowest BCUT2D eigenvalue weighted by Crippen LogP contribution is -2.19. The number of benzene rings is 3. The van der Waals surface area contributed by atoms with Crippen molar-refractivity contribution in [3.63, 3.8) is 0 Å². The largest absolute Gasteiger partial charge is 0.322 e. The molecule has 0 saturated carbocycles. The van der Waals surface area contributed by atoms with Gasteiger partial charge < -0.3 is 5.32 Å². The van der Waals surface area contributed by atoms with E-state index in [1.807, 2.05) is 0 Å². The highest BCUT2D eigenvalue weighted by Crippen LogP contribution is 2.23. The second kappa shape index (κ2) is 7.77. The minimum absolute atomic E-state index is 0.0610. The van der Waals surface area contributed by atoms with Crippen LogP contribution in [0.3, 0.4) is 0 Å². The van der Waals surface area contributed by atoms with E-state index in [0.717, 1.165) is 18.2 Å². The van der Waals surface area contributed by atoms with Crippen LogP contribution in [0.1, 0.15) is 15.9 Å². The monoisotopic (exact) mass is 402 g/mol. The Morgan fingerprint density at radius 1 is 0.893 bits per heavy atom. The van der Waals surface area contributed by atoms with E-state index in [9.17, 15) is 22.0 Å². The van der Waals surface area contributed by atoms with E-state index in [4.69, 9.17) is 0 Å².